The van der Waals surface area contributed by atoms with Crippen molar-refractivity contribution in [2.45, 2.75) is 6.92 Å². The maximum atomic E-state index is 13.6. The Morgan fingerprint density at radius 3 is 2.23 bits per heavy atom. The van der Waals surface area contributed by atoms with Crippen molar-refractivity contribution < 1.29 is 23.5 Å². The molecule has 0 aromatic heterocycles. The molecule has 208 valence electrons. The average molecular weight is 546 g/mol. The number of piperazine rings is 1. The minimum absolute atomic E-state index is 0.153. The molecule has 2 fully saturated rings. The summed E-state index contributed by atoms with van der Waals surface area (Å²) < 4.78 is 19.0. The second kappa shape index (κ2) is 12.2. The molecule has 0 saturated carbocycles. The van der Waals surface area contributed by atoms with Crippen molar-refractivity contribution in [3.05, 3.63) is 89.2 Å². The van der Waals surface area contributed by atoms with Gasteiger partial charge in [0.1, 0.15) is 5.82 Å². The summed E-state index contributed by atoms with van der Waals surface area (Å²) in [5.74, 6) is -1.12. The van der Waals surface area contributed by atoms with Crippen LogP contribution in [0.2, 0.25) is 0 Å². The smallest absolute Gasteiger partial charge is 0.321 e. The number of carbonyl (C=O) groups excluding carboxylic acids is 3. The number of urea groups is 1. The number of aryl methyl sites for hydroxylation is 1. The van der Waals surface area contributed by atoms with Gasteiger partial charge in [-0.05, 0) is 61.0 Å². The second-order valence-corrected chi connectivity index (χ2v) is 9.87. The summed E-state index contributed by atoms with van der Waals surface area (Å²) in [6, 6.07) is 18.2. The van der Waals surface area contributed by atoms with Gasteiger partial charge >= 0.3 is 6.03 Å². The second-order valence-electron chi connectivity index (χ2n) is 9.87. The van der Waals surface area contributed by atoms with Crippen molar-refractivity contribution in [1.82, 2.24) is 9.80 Å². The molecular weight excluding hydrogens is 513 g/mol. The highest BCUT2D eigenvalue weighted by atomic mass is 19.1. The number of halogens is 1. The van der Waals surface area contributed by atoms with E-state index in [1.54, 1.807) is 21.9 Å². The summed E-state index contributed by atoms with van der Waals surface area (Å²) in [5.41, 5.74) is 3.63. The van der Waals surface area contributed by atoms with E-state index in [-0.39, 0.29) is 17.5 Å². The molecule has 3 aromatic carbocycles. The van der Waals surface area contributed by atoms with Gasteiger partial charge in [-0.2, -0.15) is 0 Å². The van der Waals surface area contributed by atoms with Crippen molar-refractivity contribution in [2.75, 3.05) is 68.0 Å². The predicted molar refractivity (Wildman–Crippen MR) is 152 cm³/mol. The highest BCUT2D eigenvalue weighted by molar-refractivity contribution is 6.06. The number of nitrogens with zero attached hydrogens (tertiary/aromatic N) is 3. The first-order valence-corrected chi connectivity index (χ1v) is 13.3. The molecule has 2 saturated heterocycles. The molecule has 0 radical (unpaired) electrons. The summed E-state index contributed by atoms with van der Waals surface area (Å²) in [6.07, 6.45) is 0. The molecule has 9 nitrogen and oxygen atoms in total. The van der Waals surface area contributed by atoms with Crippen LogP contribution >= 0.6 is 0 Å². The molecule has 0 atom stereocenters. The molecule has 0 bridgehead atoms. The van der Waals surface area contributed by atoms with Gasteiger partial charge in [-0.15, -0.1) is 0 Å². The van der Waals surface area contributed by atoms with Crippen LogP contribution in [0.25, 0.3) is 0 Å². The Morgan fingerprint density at radius 1 is 0.775 bits per heavy atom. The lowest BCUT2D eigenvalue weighted by Crippen LogP contribution is -2.50. The summed E-state index contributed by atoms with van der Waals surface area (Å²) in [7, 11) is 0. The molecule has 0 spiro atoms. The Bertz CT molecular complexity index is 1400. The molecule has 0 aliphatic carbocycles. The standard InChI is InChI=1S/C30H32FN5O4/c1-21-4-2-7-24(18-21)33-30(39)36-12-10-34(11-13-36)27-9-8-25(32-28(37)22-5-3-6-23(31)19-22)20-26(27)29(38)35-14-16-40-17-15-35/h2-9,18-20H,10-17H2,1H3,(H,32,37)(H,33,39). The fourth-order valence-electron chi connectivity index (χ4n) is 4.91. The molecule has 2 aliphatic heterocycles. The van der Waals surface area contributed by atoms with Gasteiger partial charge in [0.25, 0.3) is 11.8 Å². The Kier molecular flexibility index (Phi) is 8.26. The summed E-state index contributed by atoms with van der Waals surface area (Å²) in [5, 5.41) is 5.74. The van der Waals surface area contributed by atoms with Gasteiger partial charge in [-0.1, -0.05) is 18.2 Å². The van der Waals surface area contributed by atoms with E-state index in [1.807, 2.05) is 37.3 Å². The third-order valence-corrected chi connectivity index (χ3v) is 7.05. The first-order chi connectivity index (χ1) is 19.4. The van der Waals surface area contributed by atoms with Crippen molar-refractivity contribution >= 4 is 34.9 Å². The van der Waals surface area contributed by atoms with E-state index in [1.165, 1.54) is 18.2 Å². The molecule has 2 aliphatic rings. The number of hydrogen-bond donors (Lipinski definition) is 2. The van der Waals surface area contributed by atoms with Crippen LogP contribution < -0.4 is 15.5 Å². The van der Waals surface area contributed by atoms with Crippen LogP contribution in [0.5, 0.6) is 0 Å². The van der Waals surface area contributed by atoms with Crippen LogP contribution in [0, 0.1) is 12.7 Å². The number of amides is 4. The SMILES string of the molecule is Cc1cccc(NC(=O)N2CCN(c3ccc(NC(=O)c4cccc(F)c4)cc3C(=O)N3CCOCC3)CC2)c1. The largest absolute Gasteiger partial charge is 0.378 e. The Balaban J connectivity index is 1.32. The van der Waals surface area contributed by atoms with Crippen LogP contribution in [0.4, 0.5) is 26.2 Å². The van der Waals surface area contributed by atoms with E-state index in [0.717, 1.165) is 23.0 Å². The molecule has 4 amide bonds. The molecule has 10 heteroatoms. The zero-order valence-corrected chi connectivity index (χ0v) is 22.4. The lowest BCUT2D eigenvalue weighted by molar-refractivity contribution is 0.0303. The van der Waals surface area contributed by atoms with E-state index in [9.17, 15) is 18.8 Å². The molecule has 0 unspecified atom stereocenters. The molecule has 3 aromatic rings. The summed E-state index contributed by atoms with van der Waals surface area (Å²) >= 11 is 0. The summed E-state index contributed by atoms with van der Waals surface area (Å²) in [4.78, 5) is 44.8. The Morgan fingerprint density at radius 2 is 1.50 bits per heavy atom. The van der Waals surface area contributed by atoms with Gasteiger partial charge in [-0.3, -0.25) is 9.59 Å². The number of nitrogens with one attached hydrogen (secondary N) is 2. The zero-order chi connectivity index (χ0) is 28.1. The lowest BCUT2D eigenvalue weighted by Gasteiger charge is -2.37. The third kappa shape index (κ3) is 6.40. The fourth-order valence-corrected chi connectivity index (χ4v) is 4.91. The average Bonchev–Trinajstić information content (AvgIpc) is 2.97. The first-order valence-electron chi connectivity index (χ1n) is 13.3. The van der Waals surface area contributed by atoms with E-state index in [2.05, 4.69) is 15.5 Å². The minimum Gasteiger partial charge on any atom is -0.378 e. The number of anilines is 3. The summed E-state index contributed by atoms with van der Waals surface area (Å²) in [6.45, 7) is 5.91. The van der Waals surface area contributed by atoms with Crippen molar-refractivity contribution in [1.29, 1.82) is 0 Å². The Labute approximate surface area is 232 Å². The molecule has 2 N–H and O–H groups in total. The number of carbonyl (C=O) groups is 3. The van der Waals surface area contributed by atoms with E-state index in [0.29, 0.717) is 63.7 Å². The Hall–Kier alpha value is -4.44. The lowest BCUT2D eigenvalue weighted by atomic mass is 10.1. The number of rotatable bonds is 5. The normalized spacial score (nSPS) is 15.5. The number of benzene rings is 3. The van der Waals surface area contributed by atoms with E-state index in [4.69, 9.17) is 4.74 Å². The molecule has 2 heterocycles. The predicted octanol–water partition coefficient (Wildman–Crippen LogP) is 4.21. The van der Waals surface area contributed by atoms with Gasteiger partial charge in [0.05, 0.1) is 18.8 Å². The van der Waals surface area contributed by atoms with Crippen LogP contribution in [0.3, 0.4) is 0 Å². The molecular formula is C30H32FN5O4. The maximum Gasteiger partial charge on any atom is 0.321 e. The fraction of sp³-hybridized carbons (Fsp3) is 0.300. The van der Waals surface area contributed by atoms with E-state index >= 15 is 0 Å². The first kappa shape index (κ1) is 27.1. The number of hydrogen-bond acceptors (Lipinski definition) is 5. The van der Waals surface area contributed by atoms with E-state index < -0.39 is 11.7 Å². The van der Waals surface area contributed by atoms with Crippen LogP contribution in [0.1, 0.15) is 26.3 Å². The molecule has 40 heavy (non-hydrogen) atoms. The van der Waals surface area contributed by atoms with Crippen molar-refractivity contribution in [2.24, 2.45) is 0 Å². The van der Waals surface area contributed by atoms with Crippen LogP contribution in [-0.4, -0.2) is 80.1 Å². The van der Waals surface area contributed by atoms with Crippen molar-refractivity contribution in [3.63, 3.8) is 0 Å². The zero-order valence-electron chi connectivity index (χ0n) is 22.4. The number of ether oxygens (including phenoxy) is 1. The monoisotopic (exact) mass is 545 g/mol. The van der Waals surface area contributed by atoms with Crippen LogP contribution in [0.15, 0.2) is 66.7 Å². The number of morpholine rings is 1. The van der Waals surface area contributed by atoms with Gasteiger partial charge in [-0.25, -0.2) is 9.18 Å². The highest BCUT2D eigenvalue weighted by Crippen LogP contribution is 2.28. The topological polar surface area (TPSA) is 94.2 Å². The quantitative estimate of drug-likeness (QED) is 0.501. The third-order valence-electron chi connectivity index (χ3n) is 7.05. The van der Waals surface area contributed by atoms with Gasteiger partial charge < -0.3 is 30.1 Å². The molecule has 5 rings (SSSR count). The van der Waals surface area contributed by atoms with Crippen molar-refractivity contribution in [3.8, 4) is 0 Å². The highest BCUT2D eigenvalue weighted by Gasteiger charge is 2.27. The minimum atomic E-state index is -0.502. The van der Waals surface area contributed by atoms with Gasteiger partial charge in [0.15, 0.2) is 0 Å². The van der Waals surface area contributed by atoms with Gasteiger partial charge in [0.2, 0.25) is 0 Å². The van der Waals surface area contributed by atoms with Crippen LogP contribution in [-0.2, 0) is 4.74 Å². The maximum absolute atomic E-state index is 13.6. The van der Waals surface area contributed by atoms with Gasteiger partial charge in [0, 0.05) is 61.9 Å².